The normalized spacial score (nSPS) is 16.6. The number of rotatable bonds is 5. The fraction of sp³-hybridized carbons (Fsp3) is 0.667. The van der Waals surface area contributed by atoms with Crippen LogP contribution in [0.5, 0.6) is 0 Å². The number of oxime groups is 1. The van der Waals surface area contributed by atoms with Crippen molar-refractivity contribution in [3.8, 4) is 12.3 Å². The van der Waals surface area contributed by atoms with Crippen LogP contribution in [0.15, 0.2) is 5.16 Å². The first kappa shape index (κ1) is 14.6. The molecule has 7 heteroatoms. The molecule has 2 unspecified atom stereocenters. The van der Waals surface area contributed by atoms with Gasteiger partial charge >= 0.3 is 6.18 Å². The zero-order valence-electron chi connectivity index (χ0n) is 8.75. The van der Waals surface area contributed by atoms with Gasteiger partial charge in [-0.15, -0.1) is 6.42 Å². The predicted molar refractivity (Wildman–Crippen MR) is 53.9 cm³/mol. The monoisotopic (exact) mass is 237 g/mol. The molecule has 0 spiro atoms. The van der Waals surface area contributed by atoms with Crippen molar-refractivity contribution in [1.29, 1.82) is 0 Å². The maximum absolute atomic E-state index is 12.5. The van der Waals surface area contributed by atoms with Gasteiger partial charge in [0.2, 0.25) is 0 Å². The number of terminal acetylenes is 1. The van der Waals surface area contributed by atoms with Crippen LogP contribution in [0.4, 0.5) is 13.2 Å². The Hall–Kier alpha value is -1.42. The third-order valence-electron chi connectivity index (χ3n) is 2.05. The van der Waals surface area contributed by atoms with Crippen LogP contribution in [0.2, 0.25) is 0 Å². The topological polar surface area (TPSA) is 70.6 Å². The van der Waals surface area contributed by atoms with Gasteiger partial charge in [-0.05, 0) is 6.42 Å². The van der Waals surface area contributed by atoms with Gasteiger partial charge in [-0.2, -0.15) is 13.2 Å². The highest BCUT2D eigenvalue weighted by atomic mass is 19.4. The highest BCUT2D eigenvalue weighted by molar-refractivity contribution is 5.83. The first-order valence-corrected chi connectivity index (χ1v) is 4.60. The molecule has 0 bridgehead atoms. The van der Waals surface area contributed by atoms with Crippen LogP contribution in [0, 0.1) is 18.3 Å². The van der Waals surface area contributed by atoms with Crippen LogP contribution < -0.4 is 11.1 Å². The fourth-order valence-corrected chi connectivity index (χ4v) is 1.04. The number of amidine groups is 1. The zero-order chi connectivity index (χ0) is 12.8. The molecule has 0 rings (SSSR count). The van der Waals surface area contributed by atoms with Crippen molar-refractivity contribution in [2.24, 2.45) is 16.8 Å². The Morgan fingerprint density at radius 1 is 1.62 bits per heavy atom. The van der Waals surface area contributed by atoms with Crippen LogP contribution >= 0.6 is 0 Å². The Labute approximate surface area is 91.7 Å². The molecule has 0 aliphatic carbocycles. The van der Waals surface area contributed by atoms with E-state index in [-0.39, 0.29) is 0 Å². The van der Waals surface area contributed by atoms with Crippen molar-refractivity contribution >= 4 is 5.84 Å². The smallest absolute Gasteiger partial charge is 0.400 e. The Morgan fingerprint density at radius 3 is 2.50 bits per heavy atom. The lowest BCUT2D eigenvalue weighted by molar-refractivity contribution is -0.155. The van der Waals surface area contributed by atoms with Gasteiger partial charge in [0.15, 0.2) is 5.84 Å². The minimum absolute atomic E-state index is 0.462. The van der Waals surface area contributed by atoms with Crippen LogP contribution in [0.3, 0.4) is 0 Å². The summed E-state index contributed by atoms with van der Waals surface area (Å²) in [6.07, 6.45) is 1.01. The molecule has 0 aliphatic rings. The highest BCUT2D eigenvalue weighted by Gasteiger charge is 2.42. The number of hydrogen-bond acceptors (Lipinski definition) is 3. The van der Waals surface area contributed by atoms with E-state index in [1.165, 1.54) is 0 Å². The summed E-state index contributed by atoms with van der Waals surface area (Å²) in [5, 5.41) is 13.1. The third-order valence-corrected chi connectivity index (χ3v) is 2.05. The summed E-state index contributed by atoms with van der Waals surface area (Å²) in [6, 6.07) is -0.462. The minimum atomic E-state index is -4.57. The van der Waals surface area contributed by atoms with Gasteiger partial charge in [0.1, 0.15) is 5.92 Å². The van der Waals surface area contributed by atoms with E-state index in [9.17, 15) is 13.2 Å². The molecule has 92 valence electrons. The van der Waals surface area contributed by atoms with E-state index in [0.29, 0.717) is 6.42 Å². The second-order valence-electron chi connectivity index (χ2n) is 3.15. The summed E-state index contributed by atoms with van der Waals surface area (Å²) in [6.45, 7) is 1.23. The van der Waals surface area contributed by atoms with Gasteiger partial charge in [-0.1, -0.05) is 18.0 Å². The van der Waals surface area contributed by atoms with Crippen LogP contribution in [0.25, 0.3) is 0 Å². The second kappa shape index (κ2) is 6.23. The highest BCUT2D eigenvalue weighted by Crippen LogP contribution is 2.25. The average Bonchev–Trinajstić information content (AvgIpc) is 2.22. The van der Waals surface area contributed by atoms with Gasteiger partial charge < -0.3 is 16.3 Å². The van der Waals surface area contributed by atoms with Crippen molar-refractivity contribution in [2.45, 2.75) is 25.6 Å². The second-order valence-corrected chi connectivity index (χ2v) is 3.15. The number of alkyl halides is 3. The molecule has 16 heavy (non-hydrogen) atoms. The molecule has 0 saturated heterocycles. The molecular formula is C9H14F3N3O. The Kier molecular flexibility index (Phi) is 5.67. The van der Waals surface area contributed by atoms with Crippen LogP contribution in [0.1, 0.15) is 13.3 Å². The summed E-state index contributed by atoms with van der Waals surface area (Å²) >= 11 is 0. The molecule has 0 aromatic heterocycles. The van der Waals surface area contributed by atoms with E-state index in [2.05, 4.69) is 16.4 Å². The third kappa shape index (κ3) is 4.40. The Morgan fingerprint density at radius 2 is 2.19 bits per heavy atom. The van der Waals surface area contributed by atoms with E-state index < -0.39 is 30.5 Å². The quantitative estimate of drug-likeness (QED) is 0.219. The van der Waals surface area contributed by atoms with E-state index >= 15 is 0 Å². The van der Waals surface area contributed by atoms with E-state index in [0.717, 1.165) is 0 Å². The molecule has 0 amide bonds. The van der Waals surface area contributed by atoms with E-state index in [4.69, 9.17) is 17.4 Å². The molecule has 0 aromatic rings. The molecule has 0 radical (unpaired) electrons. The number of nitrogens with two attached hydrogens (primary N) is 1. The predicted octanol–water partition coefficient (Wildman–Crippen LogP) is 0.913. The van der Waals surface area contributed by atoms with Gasteiger partial charge in [-0.3, -0.25) is 0 Å². The van der Waals surface area contributed by atoms with E-state index in [1.807, 2.05) is 0 Å². The molecule has 4 nitrogen and oxygen atoms in total. The maximum Gasteiger partial charge on any atom is 0.400 e. The van der Waals surface area contributed by atoms with E-state index in [1.54, 1.807) is 6.92 Å². The largest absolute Gasteiger partial charge is 0.409 e. The van der Waals surface area contributed by atoms with Crippen molar-refractivity contribution in [2.75, 3.05) is 6.54 Å². The Balaban J connectivity index is 4.54. The van der Waals surface area contributed by atoms with Gasteiger partial charge in [0.25, 0.3) is 0 Å². The van der Waals surface area contributed by atoms with Crippen LogP contribution in [-0.4, -0.2) is 29.8 Å². The molecule has 0 aromatic carbocycles. The summed E-state index contributed by atoms with van der Waals surface area (Å²) in [5.41, 5.74) is 4.96. The Bertz CT molecular complexity index is 283. The summed E-state index contributed by atoms with van der Waals surface area (Å²) in [4.78, 5) is 0. The summed E-state index contributed by atoms with van der Waals surface area (Å²) in [7, 11) is 0. The summed E-state index contributed by atoms with van der Waals surface area (Å²) < 4.78 is 37.4. The van der Waals surface area contributed by atoms with Gasteiger partial charge in [0, 0.05) is 6.54 Å². The standard InChI is InChI=1S/C9H14F3N3O/c1-3-6(4-2)14-5-7(8(13)15-16)9(10,11)12/h1,6-7,14,16H,4-5H2,2H3,(H2,13,15). The van der Waals surface area contributed by atoms with Crippen molar-refractivity contribution in [3.63, 3.8) is 0 Å². The summed E-state index contributed by atoms with van der Waals surface area (Å²) in [5.74, 6) is -0.630. The number of nitrogens with one attached hydrogen (secondary N) is 1. The van der Waals surface area contributed by atoms with Crippen molar-refractivity contribution in [1.82, 2.24) is 5.32 Å². The molecule has 0 fully saturated rings. The molecule has 0 heterocycles. The average molecular weight is 237 g/mol. The molecular weight excluding hydrogens is 223 g/mol. The first-order valence-electron chi connectivity index (χ1n) is 4.60. The first-order chi connectivity index (χ1) is 7.36. The SMILES string of the molecule is C#CC(CC)NCC(C(N)=NO)C(F)(F)F. The molecule has 2 atom stereocenters. The molecule has 0 saturated carbocycles. The lowest BCUT2D eigenvalue weighted by atomic mass is 10.1. The molecule has 4 N–H and O–H groups in total. The van der Waals surface area contributed by atoms with Crippen molar-refractivity contribution < 1.29 is 18.4 Å². The lowest BCUT2D eigenvalue weighted by Gasteiger charge is -2.21. The lowest BCUT2D eigenvalue weighted by Crippen LogP contribution is -2.45. The maximum atomic E-state index is 12.5. The molecule has 0 aliphatic heterocycles. The minimum Gasteiger partial charge on any atom is -0.409 e. The van der Waals surface area contributed by atoms with Gasteiger partial charge in [0.05, 0.1) is 6.04 Å². The fourth-order valence-electron chi connectivity index (χ4n) is 1.04. The van der Waals surface area contributed by atoms with Crippen LogP contribution in [-0.2, 0) is 0 Å². The van der Waals surface area contributed by atoms with Gasteiger partial charge in [-0.25, -0.2) is 0 Å². The van der Waals surface area contributed by atoms with Crippen molar-refractivity contribution in [3.05, 3.63) is 0 Å². The number of nitrogens with zero attached hydrogens (tertiary/aromatic N) is 1. The zero-order valence-corrected chi connectivity index (χ0v) is 8.75. The number of halogens is 3. The number of hydrogen-bond donors (Lipinski definition) is 3.